The smallest absolute Gasteiger partial charge is 0.410 e. The topological polar surface area (TPSA) is 166 Å². The Kier molecular flexibility index (Phi) is 11.6. The highest BCUT2D eigenvalue weighted by molar-refractivity contribution is 6.38. The SMILES string of the molecule is C=CCNC(=O)C(=O)C(NC(=O)[C@@H]1[C@@H]2[C@H](CN1C(=O)[C@@H](NC(=O)N[C@H](CN(C)C(=O)OC(C)(C)C)C(C)(C)C)C(C)(C)C)C2(C)C)C1CC1. The van der Waals surface area contributed by atoms with Crippen molar-refractivity contribution < 1.29 is 33.5 Å². The van der Waals surface area contributed by atoms with Gasteiger partial charge in [-0.3, -0.25) is 19.2 Å². The molecule has 13 heteroatoms. The average Bonchev–Trinajstić information content (AvgIpc) is 3.83. The predicted molar refractivity (Wildman–Crippen MR) is 186 cm³/mol. The molecule has 0 spiro atoms. The number of piperidine rings is 1. The van der Waals surface area contributed by atoms with Gasteiger partial charge >= 0.3 is 12.1 Å². The van der Waals surface area contributed by atoms with Gasteiger partial charge in [-0.15, -0.1) is 6.58 Å². The van der Waals surface area contributed by atoms with Gasteiger partial charge in [0.05, 0.1) is 6.04 Å². The molecule has 49 heavy (non-hydrogen) atoms. The lowest BCUT2D eigenvalue weighted by Gasteiger charge is -2.39. The van der Waals surface area contributed by atoms with Crippen LogP contribution in [-0.2, 0) is 23.9 Å². The highest BCUT2D eigenvalue weighted by Gasteiger charge is 2.70. The van der Waals surface area contributed by atoms with Gasteiger partial charge in [-0.1, -0.05) is 61.5 Å². The summed E-state index contributed by atoms with van der Waals surface area (Å²) in [5.41, 5.74) is -2.07. The van der Waals surface area contributed by atoms with E-state index in [4.69, 9.17) is 4.74 Å². The summed E-state index contributed by atoms with van der Waals surface area (Å²) in [5.74, 6) is -2.57. The minimum atomic E-state index is -1.00. The summed E-state index contributed by atoms with van der Waals surface area (Å²) in [6.07, 6.45) is 2.38. The Morgan fingerprint density at radius 2 is 1.53 bits per heavy atom. The fourth-order valence-corrected chi connectivity index (χ4v) is 6.64. The van der Waals surface area contributed by atoms with E-state index in [0.29, 0.717) is 19.4 Å². The van der Waals surface area contributed by atoms with Crippen LogP contribution in [0.5, 0.6) is 0 Å². The maximum atomic E-state index is 14.4. The van der Waals surface area contributed by atoms with Crippen molar-refractivity contribution in [3.05, 3.63) is 12.7 Å². The normalized spacial score (nSPS) is 23.2. The summed E-state index contributed by atoms with van der Waals surface area (Å²) in [7, 11) is 1.61. The Hall–Kier alpha value is -3.64. The van der Waals surface area contributed by atoms with E-state index in [0.717, 1.165) is 0 Å². The van der Waals surface area contributed by atoms with Crippen LogP contribution in [0.1, 0.15) is 89.0 Å². The fourth-order valence-electron chi connectivity index (χ4n) is 6.64. The number of ketones is 1. The predicted octanol–water partition coefficient (Wildman–Crippen LogP) is 3.23. The molecule has 1 heterocycles. The van der Waals surface area contributed by atoms with Crippen LogP contribution in [-0.4, -0.2) is 102 Å². The molecule has 3 fully saturated rings. The molecule has 6 amide bonds. The number of Topliss-reactive ketones (excluding diaryl/α,β-unsaturated/α-hetero) is 1. The number of likely N-dealkylation sites (tertiary alicyclic amines) is 1. The van der Waals surface area contributed by atoms with E-state index in [9.17, 15) is 28.8 Å². The summed E-state index contributed by atoms with van der Waals surface area (Å²) < 4.78 is 5.49. The number of rotatable bonds is 12. The van der Waals surface area contributed by atoms with E-state index in [1.165, 1.54) is 15.9 Å². The van der Waals surface area contributed by atoms with E-state index >= 15 is 0 Å². The van der Waals surface area contributed by atoms with Crippen LogP contribution in [0.15, 0.2) is 12.7 Å². The first-order valence-electron chi connectivity index (χ1n) is 17.4. The maximum absolute atomic E-state index is 14.4. The standard InChI is InChI=1S/C36H60N6O7/c1-14-17-37-29(45)26(43)24(20-15-16-20)39-28(44)25-23-21(36(23,11)12)18-42(25)30(46)27(34(5,6)7)40-31(47)38-22(33(2,3)4)19-41(13)32(48)49-35(8,9)10/h14,20-25,27H,1,15-19H2,2-13H3,(H,37,45)(H,39,44)(H2,38,40,47)/t21-,22+,23-,24?,25-,27+/m0/s1. The van der Waals surface area contributed by atoms with Gasteiger partial charge in [0.25, 0.3) is 5.91 Å². The van der Waals surface area contributed by atoms with E-state index in [1.807, 2.05) is 41.5 Å². The molecule has 0 bridgehead atoms. The van der Waals surface area contributed by atoms with Crippen molar-refractivity contribution in [2.24, 2.45) is 34.0 Å². The summed E-state index contributed by atoms with van der Waals surface area (Å²) in [4.78, 5) is 83.2. The van der Waals surface area contributed by atoms with Gasteiger partial charge in [-0.05, 0) is 67.6 Å². The van der Waals surface area contributed by atoms with Crippen LogP contribution in [0.2, 0.25) is 0 Å². The number of carbonyl (C=O) groups excluding carboxylic acids is 6. The number of hydrogen-bond donors (Lipinski definition) is 4. The summed E-state index contributed by atoms with van der Waals surface area (Å²) in [5, 5.41) is 11.2. The van der Waals surface area contributed by atoms with E-state index in [2.05, 4.69) is 41.7 Å². The molecule has 2 aliphatic carbocycles. The quantitative estimate of drug-likeness (QED) is 0.181. The number of likely N-dealkylation sites (N-methyl/N-ethyl adjacent to an activating group) is 1. The number of carbonyl (C=O) groups is 6. The van der Waals surface area contributed by atoms with E-state index in [-0.39, 0.29) is 36.3 Å². The summed E-state index contributed by atoms with van der Waals surface area (Å²) in [6.45, 7) is 25.0. The van der Waals surface area contributed by atoms with Crippen molar-refractivity contribution in [1.29, 1.82) is 0 Å². The maximum Gasteiger partial charge on any atom is 0.410 e. The molecule has 0 aromatic carbocycles. The second-order valence-electron chi connectivity index (χ2n) is 17.8. The van der Waals surface area contributed by atoms with Gasteiger partial charge in [-0.25, -0.2) is 9.59 Å². The Morgan fingerprint density at radius 3 is 2.02 bits per heavy atom. The number of urea groups is 1. The third-order valence-electron chi connectivity index (χ3n) is 9.97. The zero-order valence-electron chi connectivity index (χ0n) is 31.6. The van der Waals surface area contributed by atoms with Crippen molar-refractivity contribution in [1.82, 2.24) is 31.1 Å². The number of nitrogens with one attached hydrogen (secondary N) is 4. The number of fused-ring (bicyclic) bond motifs is 1. The second-order valence-corrected chi connectivity index (χ2v) is 17.8. The van der Waals surface area contributed by atoms with Crippen molar-refractivity contribution in [3.63, 3.8) is 0 Å². The van der Waals surface area contributed by atoms with Crippen LogP contribution in [0.4, 0.5) is 9.59 Å². The zero-order valence-corrected chi connectivity index (χ0v) is 31.6. The molecule has 0 aromatic rings. The molecule has 1 saturated heterocycles. The summed E-state index contributed by atoms with van der Waals surface area (Å²) in [6, 6.07) is -3.93. The third-order valence-corrected chi connectivity index (χ3v) is 9.97. The van der Waals surface area contributed by atoms with Crippen LogP contribution < -0.4 is 21.3 Å². The van der Waals surface area contributed by atoms with Crippen LogP contribution in [0.25, 0.3) is 0 Å². The highest BCUT2D eigenvalue weighted by Crippen LogP contribution is 2.65. The van der Waals surface area contributed by atoms with Crippen LogP contribution in [0.3, 0.4) is 0 Å². The Balaban J connectivity index is 1.80. The largest absolute Gasteiger partial charge is 0.444 e. The third kappa shape index (κ3) is 9.75. The molecular formula is C36H60N6O7. The Labute approximate surface area is 292 Å². The lowest BCUT2D eigenvalue weighted by molar-refractivity contribution is -0.145. The van der Waals surface area contributed by atoms with E-state index in [1.54, 1.807) is 27.8 Å². The van der Waals surface area contributed by atoms with Crippen LogP contribution >= 0.6 is 0 Å². The first kappa shape index (κ1) is 39.8. The number of nitrogens with zero attached hydrogens (tertiary/aromatic N) is 2. The minimum absolute atomic E-state index is 0.0706. The van der Waals surface area contributed by atoms with Crippen molar-refractivity contribution in [2.45, 2.75) is 119 Å². The molecule has 1 aliphatic heterocycles. The number of amides is 6. The zero-order chi connectivity index (χ0) is 37.4. The first-order valence-corrected chi connectivity index (χ1v) is 17.4. The molecule has 0 aromatic heterocycles. The molecule has 6 atom stereocenters. The van der Waals surface area contributed by atoms with Gasteiger partial charge in [0.15, 0.2) is 0 Å². The number of ether oxygens (including phenoxy) is 1. The molecule has 1 unspecified atom stereocenters. The molecule has 13 nitrogen and oxygen atoms in total. The highest BCUT2D eigenvalue weighted by atomic mass is 16.6. The molecular weight excluding hydrogens is 628 g/mol. The average molecular weight is 689 g/mol. The first-order chi connectivity index (χ1) is 22.3. The van der Waals surface area contributed by atoms with Crippen molar-refractivity contribution in [2.75, 3.05) is 26.7 Å². The molecule has 2 saturated carbocycles. The van der Waals surface area contributed by atoms with Gasteiger partial charge in [0.2, 0.25) is 17.6 Å². The lowest BCUT2D eigenvalue weighted by Crippen LogP contribution is -2.63. The minimum Gasteiger partial charge on any atom is -0.444 e. The van der Waals surface area contributed by atoms with Gasteiger partial charge in [0, 0.05) is 26.7 Å². The number of hydrogen-bond acceptors (Lipinski definition) is 7. The molecule has 3 aliphatic rings. The van der Waals surface area contributed by atoms with Crippen molar-refractivity contribution >= 4 is 35.6 Å². The van der Waals surface area contributed by atoms with Gasteiger partial charge in [0.1, 0.15) is 23.7 Å². The molecule has 0 radical (unpaired) electrons. The van der Waals surface area contributed by atoms with Gasteiger partial charge < -0.3 is 35.8 Å². The fraction of sp³-hybridized carbons (Fsp3) is 0.778. The lowest BCUT2D eigenvalue weighted by atomic mass is 9.85. The molecule has 3 rings (SSSR count). The monoisotopic (exact) mass is 688 g/mol. The Morgan fingerprint density at radius 1 is 0.939 bits per heavy atom. The second kappa shape index (κ2) is 14.3. The van der Waals surface area contributed by atoms with Gasteiger partial charge in [-0.2, -0.15) is 0 Å². The van der Waals surface area contributed by atoms with E-state index < -0.39 is 76.2 Å². The Bertz CT molecular complexity index is 1320. The molecule has 276 valence electrons. The summed E-state index contributed by atoms with van der Waals surface area (Å²) >= 11 is 0. The van der Waals surface area contributed by atoms with Crippen LogP contribution in [0, 0.1) is 34.0 Å². The molecule has 4 N–H and O–H groups in total. The van der Waals surface area contributed by atoms with Crippen molar-refractivity contribution in [3.8, 4) is 0 Å².